The highest BCUT2D eigenvalue weighted by atomic mass is 19.4. The fourth-order valence-corrected chi connectivity index (χ4v) is 6.21. The highest BCUT2D eigenvalue weighted by Gasteiger charge is 2.80. The number of aromatic nitrogens is 1. The molecule has 1 N–H and O–H groups in total. The number of allylic oxidation sites excluding steroid dienone is 1. The maximum Gasteiger partial charge on any atom is 0.433 e. The van der Waals surface area contributed by atoms with Crippen molar-refractivity contribution in [2.24, 2.45) is 28.2 Å². The van der Waals surface area contributed by atoms with E-state index in [1.807, 2.05) is 0 Å². The molecule has 1 saturated heterocycles. The summed E-state index contributed by atoms with van der Waals surface area (Å²) in [4.78, 5) is 9.13. The van der Waals surface area contributed by atoms with Gasteiger partial charge in [0.05, 0.1) is 25.3 Å². The van der Waals surface area contributed by atoms with Gasteiger partial charge in [0, 0.05) is 30.2 Å². The molecule has 7 nitrogen and oxygen atoms in total. The van der Waals surface area contributed by atoms with Crippen LogP contribution in [0.4, 0.5) is 32.2 Å². The van der Waals surface area contributed by atoms with E-state index in [4.69, 9.17) is 14.2 Å². The lowest BCUT2D eigenvalue weighted by Gasteiger charge is -2.34. The summed E-state index contributed by atoms with van der Waals surface area (Å²) in [5.41, 5.74) is -1.88. The second-order valence-corrected chi connectivity index (χ2v) is 9.98. The van der Waals surface area contributed by atoms with Gasteiger partial charge in [-0.1, -0.05) is 0 Å². The quantitative estimate of drug-likeness (QED) is 0.550. The first-order valence-electron chi connectivity index (χ1n) is 11.8. The van der Waals surface area contributed by atoms with Crippen LogP contribution in [0.1, 0.15) is 18.4 Å². The van der Waals surface area contributed by atoms with Gasteiger partial charge >= 0.3 is 12.4 Å². The molecule has 196 valence electrons. The van der Waals surface area contributed by atoms with Crippen molar-refractivity contribution in [1.82, 2.24) is 9.88 Å². The van der Waals surface area contributed by atoms with Crippen LogP contribution in [0.15, 0.2) is 35.3 Å². The molecule has 0 radical (unpaired) electrons. The van der Waals surface area contributed by atoms with Gasteiger partial charge in [0.25, 0.3) is 0 Å². The van der Waals surface area contributed by atoms with E-state index in [9.17, 15) is 26.3 Å². The summed E-state index contributed by atoms with van der Waals surface area (Å²) in [6.45, 7) is 1.18. The number of halogens is 6. The van der Waals surface area contributed by atoms with Gasteiger partial charge in [-0.25, -0.2) is 4.98 Å². The van der Waals surface area contributed by atoms with Crippen LogP contribution >= 0.6 is 0 Å². The third-order valence-electron chi connectivity index (χ3n) is 8.01. The number of aliphatic imine (C=N–C) groups is 1. The summed E-state index contributed by atoms with van der Waals surface area (Å²) in [5, 5.41) is 3.10. The van der Waals surface area contributed by atoms with E-state index in [2.05, 4.69) is 15.3 Å². The van der Waals surface area contributed by atoms with Crippen LogP contribution in [0.25, 0.3) is 0 Å². The summed E-state index contributed by atoms with van der Waals surface area (Å²) < 4.78 is 96.0. The average Bonchev–Trinajstić information content (AvgIpc) is 3.17. The van der Waals surface area contributed by atoms with Crippen molar-refractivity contribution in [3.63, 3.8) is 0 Å². The molecule has 36 heavy (non-hydrogen) atoms. The molecule has 5 atom stereocenters. The van der Waals surface area contributed by atoms with Crippen LogP contribution in [0.5, 0.6) is 0 Å². The SMILES string of the molecule is FC(F)(F)C1=NCN(CC2OCCO2)C(OC2[C@H](CNc3ccc(C(F)(F)F)cn3)[C@@H]3C[C@@]24CC34)=C1. The lowest BCUT2D eigenvalue weighted by molar-refractivity contribution is -0.137. The maximum atomic E-state index is 13.4. The molecular weight excluding hydrogens is 494 g/mol. The number of nitrogens with one attached hydrogen (secondary N) is 1. The van der Waals surface area contributed by atoms with Crippen LogP contribution in [0.2, 0.25) is 0 Å². The Balaban J connectivity index is 1.18. The molecule has 0 amide bonds. The van der Waals surface area contributed by atoms with Crippen molar-refractivity contribution in [3.8, 4) is 0 Å². The molecule has 2 aliphatic heterocycles. The van der Waals surface area contributed by atoms with Gasteiger partial charge in [-0.15, -0.1) is 0 Å². The van der Waals surface area contributed by atoms with Gasteiger partial charge in [-0.05, 0) is 36.8 Å². The number of alkyl halides is 6. The highest BCUT2D eigenvalue weighted by Crippen LogP contribution is 2.82. The molecule has 2 unspecified atom stereocenters. The Hall–Kier alpha value is -2.54. The standard InChI is InChI=1S/C23H24F6N4O3/c24-22(25,26)12-1-2-17(30-8-12)31-9-14-13-6-21(7-15(13)21)20(14)36-18-5-16(23(27,28)29)32-11-33(18)10-19-34-3-4-35-19/h1-2,5,8,13-15,19-20H,3-4,6-7,9-11H2,(H,30,31)/t13-,14+,15?,20?,21-/m0/s1. The fraction of sp³-hybridized carbons (Fsp3) is 0.652. The number of hydrogen-bond donors (Lipinski definition) is 1. The fourth-order valence-electron chi connectivity index (χ4n) is 6.21. The molecule has 1 aromatic heterocycles. The Kier molecular flexibility index (Phi) is 5.45. The normalized spacial score (nSPS) is 33.6. The lowest BCUT2D eigenvalue weighted by Crippen LogP contribution is -2.41. The van der Waals surface area contributed by atoms with Crippen LogP contribution in [0.3, 0.4) is 0 Å². The molecule has 3 aliphatic carbocycles. The second kappa shape index (κ2) is 8.23. The van der Waals surface area contributed by atoms with Crippen molar-refractivity contribution >= 4 is 11.5 Å². The zero-order valence-electron chi connectivity index (χ0n) is 19.0. The molecule has 3 saturated carbocycles. The zero-order valence-corrected chi connectivity index (χ0v) is 19.0. The lowest BCUT2D eigenvalue weighted by atomic mass is 9.82. The predicted octanol–water partition coefficient (Wildman–Crippen LogP) is 4.04. The zero-order chi connectivity index (χ0) is 25.3. The molecular formula is C23H24F6N4O3. The van der Waals surface area contributed by atoms with E-state index in [0.29, 0.717) is 37.4 Å². The Morgan fingerprint density at radius 3 is 2.50 bits per heavy atom. The van der Waals surface area contributed by atoms with E-state index in [0.717, 1.165) is 31.2 Å². The van der Waals surface area contributed by atoms with Crippen molar-refractivity contribution in [3.05, 3.63) is 35.9 Å². The van der Waals surface area contributed by atoms with Gasteiger partial charge in [0.1, 0.15) is 24.3 Å². The first kappa shape index (κ1) is 23.8. The smallest absolute Gasteiger partial charge is 0.433 e. The van der Waals surface area contributed by atoms with Gasteiger partial charge in [-0.2, -0.15) is 26.3 Å². The Bertz CT molecular complexity index is 1070. The summed E-state index contributed by atoms with van der Waals surface area (Å²) >= 11 is 0. The van der Waals surface area contributed by atoms with E-state index in [-0.39, 0.29) is 36.5 Å². The van der Waals surface area contributed by atoms with Crippen LogP contribution in [0, 0.1) is 23.2 Å². The molecule has 0 spiro atoms. The number of rotatable bonds is 7. The minimum Gasteiger partial charge on any atom is -0.475 e. The monoisotopic (exact) mass is 518 g/mol. The number of pyridine rings is 1. The van der Waals surface area contributed by atoms with Gasteiger partial charge < -0.3 is 24.4 Å². The topological polar surface area (TPSA) is 68.2 Å². The number of hydrogen-bond acceptors (Lipinski definition) is 7. The molecule has 3 heterocycles. The average molecular weight is 518 g/mol. The minimum absolute atomic E-state index is 0.0113. The Morgan fingerprint density at radius 2 is 1.86 bits per heavy atom. The largest absolute Gasteiger partial charge is 0.475 e. The van der Waals surface area contributed by atoms with E-state index >= 15 is 0 Å². The van der Waals surface area contributed by atoms with Crippen molar-refractivity contribution in [1.29, 1.82) is 0 Å². The van der Waals surface area contributed by atoms with Gasteiger partial charge in [0.15, 0.2) is 12.2 Å². The second-order valence-electron chi connectivity index (χ2n) is 9.98. The Labute approximate surface area is 202 Å². The summed E-state index contributed by atoms with van der Waals surface area (Å²) in [7, 11) is 0. The summed E-state index contributed by atoms with van der Waals surface area (Å²) in [6, 6.07) is 2.24. The summed E-state index contributed by atoms with van der Waals surface area (Å²) in [5.74, 6) is 1.20. The Morgan fingerprint density at radius 1 is 1.08 bits per heavy atom. The van der Waals surface area contributed by atoms with Crippen LogP contribution in [-0.2, 0) is 20.4 Å². The van der Waals surface area contributed by atoms with E-state index in [1.165, 1.54) is 6.07 Å². The minimum atomic E-state index is -4.60. The molecule has 6 rings (SSSR count). The van der Waals surface area contributed by atoms with Gasteiger partial charge in [-0.3, -0.25) is 4.99 Å². The first-order chi connectivity index (χ1) is 17.0. The molecule has 13 heteroatoms. The number of anilines is 1. The number of ether oxygens (including phenoxy) is 3. The molecule has 5 aliphatic rings. The van der Waals surface area contributed by atoms with Crippen molar-refractivity contribution < 1.29 is 40.6 Å². The third kappa shape index (κ3) is 4.09. The summed E-state index contributed by atoms with van der Waals surface area (Å²) in [6.07, 6.45) is -6.36. The molecule has 1 aromatic rings. The van der Waals surface area contributed by atoms with E-state index < -0.39 is 29.9 Å². The highest BCUT2D eigenvalue weighted by molar-refractivity contribution is 6.00. The van der Waals surface area contributed by atoms with Crippen molar-refractivity contribution in [2.75, 3.05) is 38.3 Å². The van der Waals surface area contributed by atoms with Crippen LogP contribution in [-0.4, -0.2) is 67.1 Å². The van der Waals surface area contributed by atoms with Crippen LogP contribution < -0.4 is 5.32 Å². The maximum absolute atomic E-state index is 13.4. The van der Waals surface area contributed by atoms with Gasteiger partial charge in [0.2, 0.25) is 0 Å². The van der Waals surface area contributed by atoms with E-state index in [1.54, 1.807) is 4.90 Å². The molecule has 0 aromatic carbocycles. The number of nitrogens with zero attached hydrogens (tertiary/aromatic N) is 3. The third-order valence-corrected chi connectivity index (χ3v) is 8.01. The first-order valence-corrected chi connectivity index (χ1v) is 11.8. The molecule has 4 fully saturated rings. The molecule has 2 bridgehead atoms. The predicted molar refractivity (Wildman–Crippen MR) is 114 cm³/mol. The van der Waals surface area contributed by atoms with Crippen molar-refractivity contribution in [2.45, 2.75) is 37.6 Å².